The maximum atomic E-state index is 9.44. The molecule has 0 heterocycles. The monoisotopic (exact) mass is 112 g/mol. The average Bonchev–Trinajstić information content (AvgIpc) is 1.61. The number of rotatable bonds is 3. The molecule has 0 aromatic carbocycles. The summed E-state index contributed by atoms with van der Waals surface area (Å²) in [6.07, 6.45) is 0.740. The van der Waals surface area contributed by atoms with Crippen LogP contribution in [0.15, 0.2) is 0 Å². The number of carbonyl (C=O) groups excluding carboxylic acids is 1. The standard InChI is InChI=1S/C4H8O2.Na.H/c1-2-6-4-3-5;;/h3H,2,4H2,1H3;;. The molecule has 3 heteroatoms. The van der Waals surface area contributed by atoms with Crippen LogP contribution in [0.25, 0.3) is 0 Å². The fraction of sp³-hybridized carbons (Fsp3) is 0.750. The van der Waals surface area contributed by atoms with E-state index in [1.807, 2.05) is 6.92 Å². The summed E-state index contributed by atoms with van der Waals surface area (Å²) in [6.45, 7) is 2.71. The van der Waals surface area contributed by atoms with Crippen LogP contribution in [0.2, 0.25) is 0 Å². The summed E-state index contributed by atoms with van der Waals surface area (Å²) in [4.78, 5) is 9.44. The van der Waals surface area contributed by atoms with Crippen LogP contribution >= 0.6 is 0 Å². The van der Waals surface area contributed by atoms with Gasteiger partial charge < -0.3 is 9.53 Å². The van der Waals surface area contributed by atoms with Crippen molar-refractivity contribution < 1.29 is 9.53 Å². The first kappa shape index (κ1) is 10.6. The van der Waals surface area contributed by atoms with Crippen molar-refractivity contribution in [2.75, 3.05) is 13.2 Å². The zero-order valence-electron chi connectivity index (χ0n) is 3.81. The van der Waals surface area contributed by atoms with Gasteiger partial charge in [0.25, 0.3) is 0 Å². The van der Waals surface area contributed by atoms with Gasteiger partial charge in [0, 0.05) is 6.61 Å². The molecule has 0 fully saturated rings. The van der Waals surface area contributed by atoms with E-state index >= 15 is 0 Å². The minimum atomic E-state index is 0. The summed E-state index contributed by atoms with van der Waals surface area (Å²) in [5.41, 5.74) is 0. The fourth-order valence-corrected chi connectivity index (χ4v) is 0.166. The van der Waals surface area contributed by atoms with Crippen molar-refractivity contribution >= 4 is 35.8 Å². The molecule has 0 spiro atoms. The van der Waals surface area contributed by atoms with Gasteiger partial charge in [-0.15, -0.1) is 0 Å². The molecular formula is C4H9NaO2. The van der Waals surface area contributed by atoms with E-state index in [4.69, 9.17) is 0 Å². The molecule has 0 unspecified atom stereocenters. The van der Waals surface area contributed by atoms with E-state index in [-0.39, 0.29) is 36.2 Å². The molecule has 0 radical (unpaired) electrons. The van der Waals surface area contributed by atoms with Crippen molar-refractivity contribution in [3.8, 4) is 0 Å². The van der Waals surface area contributed by atoms with E-state index in [9.17, 15) is 4.79 Å². The summed E-state index contributed by atoms with van der Waals surface area (Å²) >= 11 is 0. The van der Waals surface area contributed by atoms with Crippen LogP contribution in [-0.4, -0.2) is 49.1 Å². The molecule has 0 amide bonds. The molecule has 0 aliphatic carbocycles. The number of hydrogen-bond donors (Lipinski definition) is 0. The van der Waals surface area contributed by atoms with Gasteiger partial charge in [0.05, 0.1) is 0 Å². The minimum absolute atomic E-state index is 0. The van der Waals surface area contributed by atoms with E-state index in [1.165, 1.54) is 0 Å². The number of carbonyl (C=O) groups is 1. The molecule has 0 aliphatic rings. The molecular weight excluding hydrogens is 103 g/mol. The van der Waals surface area contributed by atoms with E-state index in [0.717, 1.165) is 6.29 Å². The summed E-state index contributed by atoms with van der Waals surface area (Å²) in [5.74, 6) is 0. The first-order valence-corrected chi connectivity index (χ1v) is 1.93. The Hall–Kier alpha value is 0.630. The van der Waals surface area contributed by atoms with Crippen molar-refractivity contribution in [1.82, 2.24) is 0 Å². The molecule has 7 heavy (non-hydrogen) atoms. The van der Waals surface area contributed by atoms with Crippen LogP contribution in [-0.2, 0) is 9.53 Å². The topological polar surface area (TPSA) is 26.3 Å². The average molecular weight is 112 g/mol. The van der Waals surface area contributed by atoms with Crippen molar-refractivity contribution in [3.05, 3.63) is 0 Å². The van der Waals surface area contributed by atoms with Crippen molar-refractivity contribution in [2.45, 2.75) is 6.92 Å². The van der Waals surface area contributed by atoms with E-state index in [2.05, 4.69) is 4.74 Å². The van der Waals surface area contributed by atoms with Gasteiger partial charge in [-0.2, -0.15) is 0 Å². The normalized spacial score (nSPS) is 7.00. The third kappa shape index (κ3) is 10.8. The second kappa shape index (κ2) is 9.80. The van der Waals surface area contributed by atoms with Gasteiger partial charge in [0.15, 0.2) is 0 Å². The van der Waals surface area contributed by atoms with Gasteiger partial charge in [-0.25, -0.2) is 0 Å². The second-order valence-corrected chi connectivity index (χ2v) is 0.826. The Morgan fingerprint density at radius 2 is 2.29 bits per heavy atom. The molecule has 0 saturated carbocycles. The Balaban J connectivity index is 0. The number of aldehydes is 1. The third-order valence-corrected chi connectivity index (χ3v) is 0.390. The summed E-state index contributed by atoms with van der Waals surface area (Å²) in [7, 11) is 0. The third-order valence-electron chi connectivity index (χ3n) is 0.390. The molecule has 0 aliphatic heterocycles. The van der Waals surface area contributed by atoms with Crippen LogP contribution in [0.5, 0.6) is 0 Å². The van der Waals surface area contributed by atoms with E-state index in [0.29, 0.717) is 6.61 Å². The van der Waals surface area contributed by atoms with Crippen LogP contribution in [0.3, 0.4) is 0 Å². The van der Waals surface area contributed by atoms with Crippen molar-refractivity contribution in [1.29, 1.82) is 0 Å². The molecule has 38 valence electrons. The Labute approximate surface area is 65.5 Å². The van der Waals surface area contributed by atoms with Gasteiger partial charge in [-0.3, -0.25) is 0 Å². The van der Waals surface area contributed by atoms with Crippen molar-refractivity contribution in [3.63, 3.8) is 0 Å². The van der Waals surface area contributed by atoms with Crippen LogP contribution in [0, 0.1) is 0 Å². The molecule has 0 bridgehead atoms. The molecule has 0 aromatic rings. The summed E-state index contributed by atoms with van der Waals surface area (Å²) in [6, 6.07) is 0. The van der Waals surface area contributed by atoms with Gasteiger partial charge in [-0.05, 0) is 6.92 Å². The molecule has 0 atom stereocenters. The number of ether oxygens (including phenoxy) is 1. The van der Waals surface area contributed by atoms with E-state index < -0.39 is 0 Å². The molecule has 0 rings (SSSR count). The SMILES string of the molecule is CCOCC=O.[NaH]. The Bertz CT molecular complexity index is 38.7. The quantitative estimate of drug-likeness (QED) is 0.281. The Morgan fingerprint density at radius 1 is 1.71 bits per heavy atom. The summed E-state index contributed by atoms with van der Waals surface area (Å²) < 4.78 is 4.61. The van der Waals surface area contributed by atoms with Crippen molar-refractivity contribution in [2.24, 2.45) is 0 Å². The predicted molar refractivity (Wildman–Crippen MR) is 29.7 cm³/mol. The fourth-order valence-electron chi connectivity index (χ4n) is 0.166. The van der Waals surface area contributed by atoms with E-state index in [1.54, 1.807) is 0 Å². The Kier molecular flexibility index (Phi) is 14.8. The molecule has 0 saturated heterocycles. The van der Waals surface area contributed by atoms with Gasteiger partial charge in [0.2, 0.25) is 0 Å². The Morgan fingerprint density at radius 3 is 2.43 bits per heavy atom. The van der Waals surface area contributed by atoms with Crippen LogP contribution in [0.1, 0.15) is 6.92 Å². The summed E-state index contributed by atoms with van der Waals surface area (Å²) in [5, 5.41) is 0. The maximum absolute atomic E-state index is 9.44. The van der Waals surface area contributed by atoms with Gasteiger partial charge in [0.1, 0.15) is 12.9 Å². The first-order valence-electron chi connectivity index (χ1n) is 1.93. The predicted octanol–water partition coefficient (Wildman–Crippen LogP) is -0.427. The molecule has 0 aromatic heterocycles. The van der Waals surface area contributed by atoms with Gasteiger partial charge >= 0.3 is 29.6 Å². The molecule has 0 N–H and O–H groups in total. The van der Waals surface area contributed by atoms with Gasteiger partial charge in [-0.1, -0.05) is 0 Å². The zero-order valence-corrected chi connectivity index (χ0v) is 3.81. The second-order valence-electron chi connectivity index (χ2n) is 0.826. The molecule has 2 nitrogen and oxygen atoms in total. The van der Waals surface area contributed by atoms with Crippen LogP contribution < -0.4 is 0 Å². The number of hydrogen-bond acceptors (Lipinski definition) is 2. The zero-order chi connectivity index (χ0) is 4.83. The van der Waals surface area contributed by atoms with Crippen LogP contribution in [0.4, 0.5) is 0 Å². The first-order chi connectivity index (χ1) is 2.91.